The van der Waals surface area contributed by atoms with Gasteiger partial charge in [-0.15, -0.1) is 0 Å². The summed E-state index contributed by atoms with van der Waals surface area (Å²) in [6.07, 6.45) is 3.19. The maximum Gasteiger partial charge on any atom is 0.330 e. The van der Waals surface area contributed by atoms with Gasteiger partial charge >= 0.3 is 5.69 Å². The zero-order valence-corrected chi connectivity index (χ0v) is 7.95. The Morgan fingerprint density at radius 1 is 1.43 bits per heavy atom. The molecule has 1 aromatic carbocycles. The molecule has 0 aliphatic rings. The molecule has 0 aliphatic heterocycles. The van der Waals surface area contributed by atoms with E-state index in [0.29, 0.717) is 16.4 Å². The lowest BCUT2D eigenvalue weighted by atomic mass is 10.3. The summed E-state index contributed by atoms with van der Waals surface area (Å²) in [5.74, 6) is 0. The van der Waals surface area contributed by atoms with Crippen molar-refractivity contribution in [1.82, 2.24) is 9.55 Å². The molecule has 5 heteroatoms. The Labute approximate surface area is 84.9 Å². The van der Waals surface area contributed by atoms with E-state index in [2.05, 4.69) is 4.98 Å². The van der Waals surface area contributed by atoms with Crippen molar-refractivity contribution in [2.75, 3.05) is 5.73 Å². The standard InChI is InChI=1S/C9H8ClN3O/c10-7-2-1-6(5-8(7)11)13-4-3-12-9(13)14/h1-5H,11H2,(H,12,14). The predicted molar refractivity (Wildman–Crippen MR) is 55.8 cm³/mol. The van der Waals surface area contributed by atoms with Gasteiger partial charge in [0.1, 0.15) is 0 Å². The average molecular weight is 210 g/mol. The summed E-state index contributed by atoms with van der Waals surface area (Å²) < 4.78 is 1.45. The van der Waals surface area contributed by atoms with E-state index >= 15 is 0 Å². The molecule has 0 fully saturated rings. The molecule has 0 bridgehead atoms. The minimum absolute atomic E-state index is 0.202. The number of nitrogens with one attached hydrogen (secondary N) is 1. The number of nitrogens with zero attached hydrogens (tertiary/aromatic N) is 1. The van der Waals surface area contributed by atoms with Crippen molar-refractivity contribution in [1.29, 1.82) is 0 Å². The van der Waals surface area contributed by atoms with Gasteiger partial charge in [0.25, 0.3) is 0 Å². The Kier molecular flexibility index (Phi) is 2.05. The fraction of sp³-hybridized carbons (Fsp3) is 0. The van der Waals surface area contributed by atoms with Crippen molar-refractivity contribution in [2.45, 2.75) is 0 Å². The second-order valence-electron chi connectivity index (χ2n) is 2.84. The normalized spacial score (nSPS) is 10.4. The highest BCUT2D eigenvalue weighted by Crippen LogP contribution is 2.20. The number of aromatic nitrogens is 2. The smallest absolute Gasteiger partial charge is 0.330 e. The molecular weight excluding hydrogens is 202 g/mol. The third kappa shape index (κ3) is 1.40. The molecule has 0 saturated heterocycles. The number of anilines is 1. The highest BCUT2D eigenvalue weighted by atomic mass is 35.5. The maximum atomic E-state index is 11.2. The molecule has 72 valence electrons. The quantitative estimate of drug-likeness (QED) is 0.698. The van der Waals surface area contributed by atoms with Gasteiger partial charge in [-0.2, -0.15) is 0 Å². The Balaban J connectivity index is 2.59. The van der Waals surface area contributed by atoms with Crippen molar-refractivity contribution in [3.05, 3.63) is 46.1 Å². The fourth-order valence-electron chi connectivity index (χ4n) is 1.20. The van der Waals surface area contributed by atoms with Crippen molar-refractivity contribution in [3.63, 3.8) is 0 Å². The van der Waals surface area contributed by atoms with Crippen molar-refractivity contribution in [3.8, 4) is 5.69 Å². The number of benzene rings is 1. The molecular formula is C9H8ClN3O. The van der Waals surface area contributed by atoms with Crippen LogP contribution in [-0.4, -0.2) is 9.55 Å². The first-order valence-electron chi connectivity index (χ1n) is 4.00. The molecule has 0 aliphatic carbocycles. The number of hydrogen-bond donors (Lipinski definition) is 2. The molecule has 2 rings (SSSR count). The minimum atomic E-state index is -0.202. The number of rotatable bonds is 1. The number of hydrogen-bond acceptors (Lipinski definition) is 2. The van der Waals surface area contributed by atoms with Crippen LogP contribution in [0, 0.1) is 0 Å². The van der Waals surface area contributed by atoms with E-state index < -0.39 is 0 Å². The van der Waals surface area contributed by atoms with Gasteiger partial charge in [-0.3, -0.25) is 4.57 Å². The van der Waals surface area contributed by atoms with E-state index in [1.54, 1.807) is 30.6 Å². The molecule has 0 unspecified atom stereocenters. The van der Waals surface area contributed by atoms with Gasteiger partial charge in [0.2, 0.25) is 0 Å². The summed E-state index contributed by atoms with van der Waals surface area (Å²) in [7, 11) is 0. The lowest BCUT2D eigenvalue weighted by molar-refractivity contribution is 0.988. The highest BCUT2D eigenvalue weighted by molar-refractivity contribution is 6.33. The van der Waals surface area contributed by atoms with Gasteiger partial charge in [-0.25, -0.2) is 4.79 Å². The lowest BCUT2D eigenvalue weighted by Crippen LogP contribution is -2.14. The van der Waals surface area contributed by atoms with E-state index in [-0.39, 0.29) is 5.69 Å². The maximum absolute atomic E-state index is 11.2. The van der Waals surface area contributed by atoms with E-state index in [0.717, 1.165) is 0 Å². The lowest BCUT2D eigenvalue weighted by Gasteiger charge is -2.03. The summed E-state index contributed by atoms with van der Waals surface area (Å²) in [5, 5.41) is 0.484. The first-order chi connectivity index (χ1) is 6.68. The van der Waals surface area contributed by atoms with Crippen LogP contribution in [0.3, 0.4) is 0 Å². The van der Waals surface area contributed by atoms with E-state index in [1.165, 1.54) is 4.57 Å². The summed E-state index contributed by atoms with van der Waals surface area (Å²) in [6, 6.07) is 5.04. The van der Waals surface area contributed by atoms with Crippen LogP contribution in [0.4, 0.5) is 5.69 Å². The second kappa shape index (κ2) is 3.23. The highest BCUT2D eigenvalue weighted by Gasteiger charge is 2.02. The zero-order chi connectivity index (χ0) is 10.1. The Bertz CT molecular complexity index is 515. The summed E-state index contributed by atoms with van der Waals surface area (Å²) >= 11 is 5.76. The monoisotopic (exact) mass is 209 g/mol. The summed E-state index contributed by atoms with van der Waals surface area (Å²) in [6.45, 7) is 0. The van der Waals surface area contributed by atoms with Crippen LogP contribution in [0.25, 0.3) is 5.69 Å². The molecule has 0 spiro atoms. The topological polar surface area (TPSA) is 63.8 Å². The molecule has 3 N–H and O–H groups in total. The molecule has 2 aromatic rings. The molecule has 0 amide bonds. The van der Waals surface area contributed by atoms with E-state index in [4.69, 9.17) is 17.3 Å². The van der Waals surface area contributed by atoms with Gasteiger partial charge in [0, 0.05) is 12.4 Å². The van der Waals surface area contributed by atoms with Gasteiger partial charge < -0.3 is 10.7 Å². The number of aromatic amines is 1. The summed E-state index contributed by atoms with van der Waals surface area (Å²) in [4.78, 5) is 13.8. The van der Waals surface area contributed by atoms with Gasteiger partial charge in [0.05, 0.1) is 16.4 Å². The minimum Gasteiger partial charge on any atom is -0.397 e. The third-order valence-corrected chi connectivity index (χ3v) is 2.25. The molecule has 14 heavy (non-hydrogen) atoms. The Morgan fingerprint density at radius 2 is 2.21 bits per heavy atom. The number of halogens is 1. The third-order valence-electron chi connectivity index (χ3n) is 1.91. The zero-order valence-electron chi connectivity index (χ0n) is 7.20. The molecule has 0 radical (unpaired) electrons. The first kappa shape index (κ1) is 8.90. The largest absolute Gasteiger partial charge is 0.397 e. The van der Waals surface area contributed by atoms with Crippen LogP contribution in [0.15, 0.2) is 35.4 Å². The van der Waals surface area contributed by atoms with Crippen LogP contribution < -0.4 is 11.4 Å². The van der Waals surface area contributed by atoms with Crippen molar-refractivity contribution in [2.24, 2.45) is 0 Å². The van der Waals surface area contributed by atoms with Crippen LogP contribution >= 0.6 is 11.6 Å². The molecule has 4 nitrogen and oxygen atoms in total. The fourth-order valence-corrected chi connectivity index (χ4v) is 1.32. The molecule has 1 heterocycles. The Hall–Kier alpha value is -1.68. The van der Waals surface area contributed by atoms with Crippen LogP contribution in [-0.2, 0) is 0 Å². The second-order valence-corrected chi connectivity index (χ2v) is 3.25. The number of H-pyrrole nitrogens is 1. The molecule has 1 aromatic heterocycles. The SMILES string of the molecule is Nc1cc(-n2cc[nH]c2=O)ccc1Cl. The predicted octanol–water partition coefficient (Wildman–Crippen LogP) is 1.40. The van der Waals surface area contributed by atoms with Gasteiger partial charge in [-0.1, -0.05) is 11.6 Å². The van der Waals surface area contributed by atoms with E-state index in [1.807, 2.05) is 0 Å². The number of imidazole rings is 1. The van der Waals surface area contributed by atoms with Crippen LogP contribution in [0.1, 0.15) is 0 Å². The average Bonchev–Trinajstić information content (AvgIpc) is 2.57. The van der Waals surface area contributed by atoms with Crippen molar-refractivity contribution < 1.29 is 0 Å². The van der Waals surface area contributed by atoms with Crippen LogP contribution in [0.2, 0.25) is 5.02 Å². The number of nitrogens with two attached hydrogens (primary N) is 1. The van der Waals surface area contributed by atoms with Gasteiger partial charge in [-0.05, 0) is 18.2 Å². The molecule has 0 atom stereocenters. The summed E-state index contributed by atoms with van der Waals surface area (Å²) in [5.41, 5.74) is 6.57. The van der Waals surface area contributed by atoms with E-state index in [9.17, 15) is 4.79 Å². The Morgan fingerprint density at radius 3 is 2.79 bits per heavy atom. The molecule has 0 saturated carbocycles. The first-order valence-corrected chi connectivity index (χ1v) is 4.38. The van der Waals surface area contributed by atoms with Crippen molar-refractivity contribution >= 4 is 17.3 Å². The van der Waals surface area contributed by atoms with Gasteiger partial charge in [0.15, 0.2) is 0 Å². The van der Waals surface area contributed by atoms with Crippen LogP contribution in [0.5, 0.6) is 0 Å². The number of nitrogen functional groups attached to an aromatic ring is 1.